The first-order valence-electron chi connectivity index (χ1n) is 8.36. The van der Waals surface area contributed by atoms with Crippen molar-refractivity contribution >= 4 is 27.9 Å². The number of hydrogen-bond donors (Lipinski definition) is 1. The second-order valence-corrected chi connectivity index (χ2v) is 7.39. The molecule has 0 radical (unpaired) electrons. The van der Waals surface area contributed by atoms with E-state index in [1.54, 1.807) is 4.40 Å². The fourth-order valence-electron chi connectivity index (χ4n) is 2.84. The van der Waals surface area contributed by atoms with Gasteiger partial charge in [0.25, 0.3) is 5.56 Å². The van der Waals surface area contributed by atoms with Crippen LogP contribution in [0.2, 0.25) is 0 Å². The van der Waals surface area contributed by atoms with E-state index in [0.29, 0.717) is 17.2 Å². The van der Waals surface area contributed by atoms with Gasteiger partial charge in [0.1, 0.15) is 0 Å². The quantitative estimate of drug-likeness (QED) is 0.750. The summed E-state index contributed by atoms with van der Waals surface area (Å²) in [5.41, 5.74) is 4.50. The van der Waals surface area contributed by atoms with E-state index in [-0.39, 0.29) is 18.0 Å². The van der Waals surface area contributed by atoms with Crippen LogP contribution in [-0.2, 0) is 11.3 Å². The lowest BCUT2D eigenvalue weighted by Gasteiger charge is -2.17. The van der Waals surface area contributed by atoms with Gasteiger partial charge in [0.15, 0.2) is 4.96 Å². The molecule has 6 nitrogen and oxygen atoms in total. The molecule has 2 heterocycles. The van der Waals surface area contributed by atoms with Gasteiger partial charge in [-0.2, -0.15) is 0 Å². The van der Waals surface area contributed by atoms with Gasteiger partial charge in [-0.3, -0.25) is 18.9 Å². The van der Waals surface area contributed by atoms with Crippen molar-refractivity contribution in [3.05, 3.63) is 62.5 Å². The van der Waals surface area contributed by atoms with Gasteiger partial charge in [0.05, 0.1) is 12.2 Å². The highest BCUT2D eigenvalue weighted by Crippen LogP contribution is 2.18. The zero-order valence-corrected chi connectivity index (χ0v) is 16.2. The Morgan fingerprint density at radius 1 is 1.31 bits per heavy atom. The first-order valence-corrected chi connectivity index (χ1v) is 9.24. The fraction of sp³-hybridized carbons (Fsp3) is 0.316. The molecule has 0 fully saturated rings. The van der Waals surface area contributed by atoms with Gasteiger partial charge in [-0.25, -0.2) is 4.98 Å². The summed E-state index contributed by atoms with van der Waals surface area (Å²) in [5, 5.41) is 4.86. The van der Waals surface area contributed by atoms with E-state index in [1.807, 2.05) is 56.3 Å². The van der Waals surface area contributed by atoms with Crippen molar-refractivity contribution < 1.29 is 4.79 Å². The van der Waals surface area contributed by atoms with Gasteiger partial charge in [-0.1, -0.05) is 12.1 Å². The molecular formula is C19H22N4O2S. The van der Waals surface area contributed by atoms with Gasteiger partial charge in [-0.05, 0) is 45.0 Å². The molecule has 0 unspecified atom stereocenters. The third-order valence-corrected chi connectivity index (χ3v) is 5.30. The number of aromatic nitrogens is 2. The third-order valence-electron chi connectivity index (χ3n) is 4.35. The maximum Gasteiger partial charge on any atom is 0.259 e. The smallest absolute Gasteiger partial charge is 0.259 e. The van der Waals surface area contributed by atoms with Gasteiger partial charge in [-0.15, -0.1) is 11.3 Å². The standard InChI is InChI=1S/C19H22N4O2S/c1-12-6-5-7-16(14(12)3)21-17(24)10-22(4)9-15-8-18(25)23-13(2)11-26-19(23)20-15/h5-8,11H,9-10H2,1-4H3,(H,21,24). The Kier molecular flexibility index (Phi) is 5.20. The molecule has 26 heavy (non-hydrogen) atoms. The number of nitrogens with one attached hydrogen (secondary N) is 1. The minimum atomic E-state index is -0.0917. The van der Waals surface area contributed by atoms with Crippen molar-refractivity contribution in [2.24, 2.45) is 0 Å². The molecule has 0 atom stereocenters. The second kappa shape index (κ2) is 7.39. The summed E-state index contributed by atoms with van der Waals surface area (Å²) < 4.78 is 1.60. The average Bonchev–Trinajstić information content (AvgIpc) is 2.93. The highest BCUT2D eigenvalue weighted by Gasteiger charge is 2.12. The van der Waals surface area contributed by atoms with Crippen molar-refractivity contribution in [3.8, 4) is 0 Å². The monoisotopic (exact) mass is 370 g/mol. The van der Waals surface area contributed by atoms with Crippen molar-refractivity contribution in [2.75, 3.05) is 18.9 Å². The molecule has 0 aliphatic heterocycles. The number of carbonyl (C=O) groups is 1. The number of hydrogen-bond acceptors (Lipinski definition) is 5. The van der Waals surface area contributed by atoms with Crippen LogP contribution in [-0.4, -0.2) is 33.8 Å². The zero-order valence-electron chi connectivity index (χ0n) is 15.4. The normalized spacial score (nSPS) is 11.3. The lowest BCUT2D eigenvalue weighted by Crippen LogP contribution is -2.31. The van der Waals surface area contributed by atoms with E-state index in [9.17, 15) is 9.59 Å². The molecule has 7 heteroatoms. The summed E-state index contributed by atoms with van der Waals surface area (Å²) in [6.45, 7) is 6.55. The van der Waals surface area contributed by atoms with Crippen LogP contribution in [0.15, 0.2) is 34.4 Å². The van der Waals surface area contributed by atoms with E-state index in [2.05, 4.69) is 10.3 Å². The summed E-state index contributed by atoms with van der Waals surface area (Å²) in [4.78, 5) is 31.6. The number of anilines is 1. The van der Waals surface area contributed by atoms with Crippen LogP contribution in [0.3, 0.4) is 0 Å². The summed E-state index contributed by atoms with van der Waals surface area (Å²) in [5.74, 6) is -0.0917. The summed E-state index contributed by atoms with van der Waals surface area (Å²) in [7, 11) is 1.84. The number of nitrogens with zero attached hydrogens (tertiary/aromatic N) is 3. The van der Waals surface area contributed by atoms with E-state index < -0.39 is 0 Å². The second-order valence-electron chi connectivity index (χ2n) is 6.55. The molecule has 1 aromatic carbocycles. The van der Waals surface area contributed by atoms with Gasteiger partial charge >= 0.3 is 0 Å². The number of benzene rings is 1. The van der Waals surface area contributed by atoms with E-state index in [0.717, 1.165) is 22.5 Å². The first-order chi connectivity index (χ1) is 12.3. The maximum atomic E-state index is 12.3. The number of aryl methyl sites for hydroxylation is 2. The summed E-state index contributed by atoms with van der Waals surface area (Å²) >= 11 is 1.44. The molecule has 1 amide bonds. The Morgan fingerprint density at radius 2 is 2.08 bits per heavy atom. The molecule has 0 saturated heterocycles. The highest BCUT2D eigenvalue weighted by molar-refractivity contribution is 7.15. The zero-order chi connectivity index (χ0) is 18.8. The van der Waals surface area contributed by atoms with Gasteiger partial charge < -0.3 is 5.32 Å². The molecule has 0 aliphatic carbocycles. The van der Waals surface area contributed by atoms with Crippen LogP contribution in [0.25, 0.3) is 4.96 Å². The van der Waals surface area contributed by atoms with Crippen LogP contribution in [0.4, 0.5) is 5.69 Å². The fourth-order valence-corrected chi connectivity index (χ4v) is 3.73. The molecule has 2 aromatic heterocycles. The largest absolute Gasteiger partial charge is 0.325 e. The molecule has 0 saturated carbocycles. The van der Waals surface area contributed by atoms with Gasteiger partial charge in [0.2, 0.25) is 5.91 Å². The first kappa shape index (κ1) is 18.3. The molecule has 3 rings (SSSR count). The number of carbonyl (C=O) groups excluding carboxylic acids is 1. The number of fused-ring (bicyclic) bond motifs is 1. The number of amides is 1. The SMILES string of the molecule is Cc1cccc(NC(=O)CN(C)Cc2cc(=O)n3c(C)csc3n2)c1C. The van der Waals surface area contributed by atoms with Crippen LogP contribution in [0.5, 0.6) is 0 Å². The van der Waals surface area contributed by atoms with Gasteiger partial charge in [0, 0.05) is 29.4 Å². The molecule has 1 N–H and O–H groups in total. The van der Waals surface area contributed by atoms with Crippen LogP contribution in [0, 0.1) is 20.8 Å². The van der Waals surface area contributed by atoms with Crippen molar-refractivity contribution in [1.82, 2.24) is 14.3 Å². The molecule has 0 bridgehead atoms. The van der Waals surface area contributed by atoms with Crippen LogP contribution < -0.4 is 10.9 Å². The van der Waals surface area contributed by atoms with Crippen molar-refractivity contribution in [1.29, 1.82) is 0 Å². The minimum Gasteiger partial charge on any atom is -0.325 e. The van der Waals surface area contributed by atoms with E-state index in [1.165, 1.54) is 17.4 Å². The molecule has 0 spiro atoms. The number of likely N-dealkylation sites (N-methyl/N-ethyl adjacent to an activating group) is 1. The molecular weight excluding hydrogens is 348 g/mol. The van der Waals surface area contributed by atoms with E-state index >= 15 is 0 Å². The third kappa shape index (κ3) is 3.84. The Hall–Kier alpha value is -2.51. The Labute approximate surface area is 156 Å². The predicted molar refractivity (Wildman–Crippen MR) is 105 cm³/mol. The maximum absolute atomic E-state index is 12.3. The van der Waals surface area contributed by atoms with Crippen molar-refractivity contribution in [2.45, 2.75) is 27.3 Å². The minimum absolute atomic E-state index is 0.0861. The number of thiazole rings is 1. The van der Waals surface area contributed by atoms with Crippen LogP contribution in [0.1, 0.15) is 22.5 Å². The average molecular weight is 370 g/mol. The highest BCUT2D eigenvalue weighted by atomic mass is 32.1. The summed E-state index contributed by atoms with van der Waals surface area (Å²) in [6, 6.07) is 7.38. The Bertz CT molecular complexity index is 1020. The van der Waals surface area contributed by atoms with Crippen molar-refractivity contribution in [3.63, 3.8) is 0 Å². The lowest BCUT2D eigenvalue weighted by atomic mass is 10.1. The lowest BCUT2D eigenvalue weighted by molar-refractivity contribution is -0.117. The Morgan fingerprint density at radius 3 is 2.85 bits per heavy atom. The molecule has 136 valence electrons. The molecule has 0 aliphatic rings. The predicted octanol–water partition coefficient (Wildman–Crippen LogP) is 2.75. The summed E-state index contributed by atoms with van der Waals surface area (Å²) in [6.07, 6.45) is 0. The molecule has 3 aromatic rings. The van der Waals surface area contributed by atoms with E-state index in [4.69, 9.17) is 0 Å². The topological polar surface area (TPSA) is 66.7 Å². The Balaban J connectivity index is 1.67. The van der Waals surface area contributed by atoms with Crippen LogP contribution >= 0.6 is 11.3 Å². The number of rotatable bonds is 5.